The highest BCUT2D eigenvalue weighted by Gasteiger charge is 1.98. The molecule has 0 radical (unpaired) electrons. The molecule has 0 heterocycles. The third kappa shape index (κ3) is 1.58. The van der Waals surface area contributed by atoms with Crippen LogP contribution in [0.1, 0.15) is 0 Å². The first-order valence-corrected chi connectivity index (χ1v) is 5.92. The molecule has 1 atom stereocenters. The third-order valence-electron chi connectivity index (χ3n) is 1.68. The highest BCUT2D eigenvalue weighted by atomic mass is 28.3. The Kier molecular flexibility index (Phi) is 2.46. The molecule has 1 rings (SSSR count). The Morgan fingerprint density at radius 3 is 2.40 bits per heavy atom. The lowest BCUT2D eigenvalue weighted by molar-refractivity contribution is 1.75. The summed E-state index contributed by atoms with van der Waals surface area (Å²) in [5.41, 5.74) is 2.09. The lowest BCUT2D eigenvalue weighted by Crippen LogP contribution is -2.23. The van der Waals surface area contributed by atoms with Crippen LogP contribution in [0.4, 0.5) is 0 Å². The Hall–Kier alpha value is -0.823. The summed E-state index contributed by atoms with van der Waals surface area (Å²) in [7, 11) is -0.776. The summed E-state index contributed by atoms with van der Waals surface area (Å²) < 4.78 is 0. The fraction of sp³-hybridized carbons (Fsp3) is 0.111. The zero-order valence-electron chi connectivity index (χ0n) is 6.25. The SMILES string of the molecule is C=C[SiH](C)c1ccccc1. The number of hydrogen-bond donors (Lipinski definition) is 0. The Balaban J connectivity index is 2.84. The maximum Gasteiger partial charge on any atom is 0.0903 e. The van der Waals surface area contributed by atoms with Gasteiger partial charge in [0.1, 0.15) is 0 Å². The van der Waals surface area contributed by atoms with Crippen molar-refractivity contribution in [2.24, 2.45) is 0 Å². The van der Waals surface area contributed by atoms with Crippen LogP contribution < -0.4 is 5.19 Å². The molecule has 1 unspecified atom stereocenters. The maximum atomic E-state index is 3.80. The van der Waals surface area contributed by atoms with E-state index in [-0.39, 0.29) is 0 Å². The Labute approximate surface area is 63.8 Å². The van der Waals surface area contributed by atoms with Gasteiger partial charge in [-0.3, -0.25) is 0 Å². The van der Waals surface area contributed by atoms with E-state index in [2.05, 4.69) is 43.1 Å². The molecular formula is C9H12Si. The highest BCUT2D eigenvalue weighted by Crippen LogP contribution is 1.87. The molecule has 0 aromatic heterocycles. The second-order valence-corrected chi connectivity index (χ2v) is 5.15. The quantitative estimate of drug-likeness (QED) is 0.557. The molecule has 0 aliphatic carbocycles. The van der Waals surface area contributed by atoms with Gasteiger partial charge in [0, 0.05) is 0 Å². The van der Waals surface area contributed by atoms with Crippen molar-refractivity contribution in [3.05, 3.63) is 42.6 Å². The minimum Gasteiger partial charge on any atom is -0.107 e. The molecule has 1 heteroatoms. The predicted octanol–water partition coefficient (Wildman–Crippen LogP) is 1.48. The molecule has 0 fully saturated rings. The van der Waals surface area contributed by atoms with Crippen molar-refractivity contribution in [2.75, 3.05) is 0 Å². The molecule has 0 nitrogen and oxygen atoms in total. The minimum absolute atomic E-state index is 0.776. The molecule has 0 amide bonds. The van der Waals surface area contributed by atoms with Crippen LogP contribution in [0.5, 0.6) is 0 Å². The van der Waals surface area contributed by atoms with Crippen molar-refractivity contribution in [3.63, 3.8) is 0 Å². The van der Waals surface area contributed by atoms with Crippen LogP contribution in [0.25, 0.3) is 0 Å². The molecule has 52 valence electrons. The van der Waals surface area contributed by atoms with Crippen LogP contribution in [0, 0.1) is 0 Å². The second-order valence-electron chi connectivity index (χ2n) is 2.44. The Morgan fingerprint density at radius 1 is 1.30 bits per heavy atom. The van der Waals surface area contributed by atoms with E-state index in [1.807, 2.05) is 6.07 Å². The van der Waals surface area contributed by atoms with Crippen molar-refractivity contribution < 1.29 is 0 Å². The molecular weight excluding hydrogens is 136 g/mol. The van der Waals surface area contributed by atoms with Crippen LogP contribution in [-0.4, -0.2) is 8.80 Å². The molecule has 0 saturated heterocycles. The molecule has 10 heavy (non-hydrogen) atoms. The van der Waals surface area contributed by atoms with Crippen LogP contribution >= 0.6 is 0 Å². The maximum absolute atomic E-state index is 3.80. The average Bonchev–Trinajstić information content (AvgIpc) is 2.05. The fourth-order valence-corrected chi connectivity index (χ4v) is 1.99. The first-order valence-electron chi connectivity index (χ1n) is 3.52. The average molecular weight is 148 g/mol. The topological polar surface area (TPSA) is 0 Å². The van der Waals surface area contributed by atoms with Gasteiger partial charge < -0.3 is 0 Å². The zero-order chi connectivity index (χ0) is 7.40. The molecule has 0 N–H and O–H groups in total. The fourth-order valence-electron chi connectivity index (χ4n) is 0.893. The number of rotatable bonds is 2. The summed E-state index contributed by atoms with van der Waals surface area (Å²) >= 11 is 0. The van der Waals surface area contributed by atoms with E-state index in [1.165, 1.54) is 5.19 Å². The van der Waals surface area contributed by atoms with Gasteiger partial charge in [-0.05, 0) is 0 Å². The van der Waals surface area contributed by atoms with Gasteiger partial charge in [0.2, 0.25) is 0 Å². The Bertz CT molecular complexity index is 203. The molecule has 0 saturated carbocycles. The van der Waals surface area contributed by atoms with E-state index in [1.54, 1.807) is 0 Å². The molecule has 0 spiro atoms. The monoisotopic (exact) mass is 148 g/mol. The van der Waals surface area contributed by atoms with E-state index in [9.17, 15) is 0 Å². The van der Waals surface area contributed by atoms with Crippen LogP contribution in [-0.2, 0) is 0 Å². The highest BCUT2D eigenvalue weighted by molar-refractivity contribution is 6.76. The van der Waals surface area contributed by atoms with Crippen molar-refractivity contribution in [1.82, 2.24) is 0 Å². The van der Waals surface area contributed by atoms with Gasteiger partial charge in [-0.15, -0.1) is 12.3 Å². The van der Waals surface area contributed by atoms with Crippen molar-refractivity contribution in [3.8, 4) is 0 Å². The molecule has 1 aromatic carbocycles. The van der Waals surface area contributed by atoms with Crippen molar-refractivity contribution >= 4 is 14.0 Å². The van der Waals surface area contributed by atoms with Gasteiger partial charge in [0.05, 0.1) is 8.80 Å². The largest absolute Gasteiger partial charge is 0.107 e. The summed E-state index contributed by atoms with van der Waals surface area (Å²) in [5.74, 6) is 0. The standard InChI is InChI=1S/C9H12Si/c1-3-10(2)9-7-5-4-6-8-9/h3-8,10H,1H2,2H3. The van der Waals surface area contributed by atoms with Crippen molar-refractivity contribution in [1.29, 1.82) is 0 Å². The van der Waals surface area contributed by atoms with Gasteiger partial charge >= 0.3 is 0 Å². The summed E-state index contributed by atoms with van der Waals surface area (Å²) in [4.78, 5) is 0. The molecule has 0 bridgehead atoms. The minimum atomic E-state index is -0.776. The first kappa shape index (κ1) is 7.29. The predicted molar refractivity (Wildman–Crippen MR) is 49.3 cm³/mol. The summed E-state index contributed by atoms with van der Waals surface area (Å²) in [6.45, 7) is 6.08. The van der Waals surface area contributed by atoms with Gasteiger partial charge in [-0.2, -0.15) is 0 Å². The van der Waals surface area contributed by atoms with E-state index in [0.29, 0.717) is 0 Å². The van der Waals surface area contributed by atoms with Crippen LogP contribution in [0.15, 0.2) is 42.6 Å². The second kappa shape index (κ2) is 3.37. The van der Waals surface area contributed by atoms with Gasteiger partial charge in [0.15, 0.2) is 0 Å². The molecule has 0 aliphatic rings. The first-order chi connectivity index (χ1) is 4.84. The van der Waals surface area contributed by atoms with Crippen molar-refractivity contribution in [2.45, 2.75) is 6.55 Å². The zero-order valence-corrected chi connectivity index (χ0v) is 7.40. The smallest absolute Gasteiger partial charge is 0.0903 e. The Morgan fingerprint density at radius 2 is 1.90 bits per heavy atom. The van der Waals surface area contributed by atoms with Gasteiger partial charge in [-0.1, -0.05) is 42.1 Å². The van der Waals surface area contributed by atoms with E-state index >= 15 is 0 Å². The van der Waals surface area contributed by atoms with Crippen LogP contribution in [0.2, 0.25) is 6.55 Å². The van der Waals surface area contributed by atoms with Crippen LogP contribution in [0.3, 0.4) is 0 Å². The summed E-state index contributed by atoms with van der Waals surface area (Å²) in [6, 6.07) is 10.6. The lowest BCUT2D eigenvalue weighted by atomic mass is 10.4. The normalized spacial score (nSPS) is 12.5. The summed E-state index contributed by atoms with van der Waals surface area (Å²) in [5, 5.41) is 1.47. The third-order valence-corrected chi connectivity index (χ3v) is 3.82. The van der Waals surface area contributed by atoms with E-state index in [0.717, 1.165) is 0 Å². The van der Waals surface area contributed by atoms with Gasteiger partial charge in [-0.25, -0.2) is 0 Å². The molecule has 1 aromatic rings. The number of hydrogen-bond acceptors (Lipinski definition) is 0. The van der Waals surface area contributed by atoms with E-state index in [4.69, 9.17) is 0 Å². The summed E-state index contributed by atoms with van der Waals surface area (Å²) in [6.07, 6.45) is 0. The number of benzene rings is 1. The lowest BCUT2D eigenvalue weighted by Gasteiger charge is -2.01. The van der Waals surface area contributed by atoms with Gasteiger partial charge in [0.25, 0.3) is 0 Å². The van der Waals surface area contributed by atoms with E-state index < -0.39 is 8.80 Å². The molecule has 0 aliphatic heterocycles.